The highest BCUT2D eigenvalue weighted by Crippen LogP contribution is 2.23. The lowest BCUT2D eigenvalue weighted by Gasteiger charge is -2.15. The zero-order valence-electron chi connectivity index (χ0n) is 8.76. The highest BCUT2D eigenvalue weighted by molar-refractivity contribution is 14.1. The summed E-state index contributed by atoms with van der Waals surface area (Å²) in [4.78, 5) is 0. The number of nitrogens with one attached hydrogen (secondary N) is 1. The number of hydrogen-bond acceptors (Lipinski definition) is 1. The third-order valence-electron chi connectivity index (χ3n) is 2.15. The lowest BCUT2D eigenvalue weighted by Crippen LogP contribution is -2.20. The Balaban J connectivity index is 2.82. The Kier molecular flexibility index (Phi) is 5.64. The van der Waals surface area contributed by atoms with E-state index >= 15 is 0 Å². The SMILES string of the molecule is C=CC(NCCC)c1ccc(I)c(Cl)c1. The van der Waals surface area contributed by atoms with Gasteiger partial charge in [0.2, 0.25) is 0 Å². The number of halogens is 2. The summed E-state index contributed by atoms with van der Waals surface area (Å²) in [7, 11) is 0. The second-order valence-corrected chi connectivity index (χ2v) is 4.91. The lowest BCUT2D eigenvalue weighted by atomic mass is 10.1. The van der Waals surface area contributed by atoms with Gasteiger partial charge < -0.3 is 5.32 Å². The summed E-state index contributed by atoms with van der Waals surface area (Å²) in [6.07, 6.45) is 3.02. The van der Waals surface area contributed by atoms with E-state index < -0.39 is 0 Å². The van der Waals surface area contributed by atoms with Crippen molar-refractivity contribution in [1.82, 2.24) is 5.32 Å². The first-order valence-corrected chi connectivity index (χ1v) is 6.45. The molecule has 0 spiro atoms. The Morgan fingerprint density at radius 1 is 1.60 bits per heavy atom. The minimum Gasteiger partial charge on any atom is -0.307 e. The second kappa shape index (κ2) is 6.51. The van der Waals surface area contributed by atoms with Gasteiger partial charge in [0.05, 0.1) is 11.1 Å². The van der Waals surface area contributed by atoms with Crippen molar-refractivity contribution in [3.8, 4) is 0 Å². The molecule has 0 aliphatic carbocycles. The molecule has 0 saturated heterocycles. The molecule has 1 aromatic carbocycles. The van der Waals surface area contributed by atoms with Gasteiger partial charge in [0.1, 0.15) is 0 Å². The van der Waals surface area contributed by atoms with Crippen LogP contribution in [-0.4, -0.2) is 6.54 Å². The van der Waals surface area contributed by atoms with E-state index in [-0.39, 0.29) is 6.04 Å². The summed E-state index contributed by atoms with van der Waals surface area (Å²) >= 11 is 8.31. The van der Waals surface area contributed by atoms with E-state index in [9.17, 15) is 0 Å². The number of hydrogen-bond donors (Lipinski definition) is 1. The van der Waals surface area contributed by atoms with Crippen LogP contribution in [0.1, 0.15) is 24.9 Å². The molecule has 0 heterocycles. The van der Waals surface area contributed by atoms with Crippen molar-refractivity contribution >= 4 is 34.2 Å². The zero-order valence-corrected chi connectivity index (χ0v) is 11.7. The molecule has 1 rings (SSSR count). The van der Waals surface area contributed by atoms with Gasteiger partial charge in [-0.2, -0.15) is 0 Å². The van der Waals surface area contributed by atoms with Crippen molar-refractivity contribution in [2.24, 2.45) is 0 Å². The van der Waals surface area contributed by atoms with Crippen LogP contribution in [0.2, 0.25) is 5.02 Å². The molecule has 0 aliphatic heterocycles. The number of rotatable bonds is 5. The molecule has 0 bridgehead atoms. The molecule has 0 saturated carbocycles. The van der Waals surface area contributed by atoms with Gasteiger partial charge in [0.15, 0.2) is 0 Å². The van der Waals surface area contributed by atoms with Gasteiger partial charge in [-0.15, -0.1) is 6.58 Å². The third-order valence-corrected chi connectivity index (χ3v) is 3.72. The van der Waals surface area contributed by atoms with Crippen LogP contribution in [0.5, 0.6) is 0 Å². The van der Waals surface area contributed by atoms with Crippen molar-refractivity contribution in [3.05, 3.63) is 45.0 Å². The maximum absolute atomic E-state index is 6.08. The van der Waals surface area contributed by atoms with Crippen molar-refractivity contribution in [3.63, 3.8) is 0 Å². The Morgan fingerprint density at radius 2 is 2.33 bits per heavy atom. The maximum atomic E-state index is 6.08. The molecule has 1 nitrogen and oxygen atoms in total. The third kappa shape index (κ3) is 3.78. The molecule has 1 N–H and O–H groups in total. The topological polar surface area (TPSA) is 12.0 Å². The minimum absolute atomic E-state index is 0.194. The second-order valence-electron chi connectivity index (χ2n) is 3.34. The van der Waals surface area contributed by atoms with Gasteiger partial charge in [-0.05, 0) is 53.3 Å². The van der Waals surface area contributed by atoms with E-state index in [0.717, 1.165) is 21.6 Å². The average molecular weight is 336 g/mol. The van der Waals surface area contributed by atoms with Crippen LogP contribution in [0.25, 0.3) is 0 Å². The molecule has 0 fully saturated rings. The molecule has 0 radical (unpaired) electrons. The molecular formula is C12H15ClIN. The molecule has 0 aliphatic rings. The number of benzene rings is 1. The smallest absolute Gasteiger partial charge is 0.0542 e. The molecule has 15 heavy (non-hydrogen) atoms. The van der Waals surface area contributed by atoms with Gasteiger partial charge in [0.25, 0.3) is 0 Å². The normalized spacial score (nSPS) is 12.5. The molecule has 1 unspecified atom stereocenters. The molecular weight excluding hydrogens is 320 g/mol. The van der Waals surface area contributed by atoms with Gasteiger partial charge in [-0.3, -0.25) is 0 Å². The standard InChI is InChI=1S/C12H15ClIN/c1-3-7-15-12(4-2)9-5-6-11(14)10(13)8-9/h4-6,8,12,15H,2-3,7H2,1H3. The summed E-state index contributed by atoms with van der Waals surface area (Å²) in [5.41, 5.74) is 1.17. The molecule has 1 aromatic rings. The van der Waals surface area contributed by atoms with E-state index in [4.69, 9.17) is 11.6 Å². The summed E-state index contributed by atoms with van der Waals surface area (Å²) in [5.74, 6) is 0. The summed E-state index contributed by atoms with van der Waals surface area (Å²) in [6.45, 7) is 6.97. The van der Waals surface area contributed by atoms with Crippen molar-refractivity contribution < 1.29 is 0 Å². The Hall–Kier alpha value is -0.0600. The summed E-state index contributed by atoms with van der Waals surface area (Å²) < 4.78 is 1.08. The Morgan fingerprint density at radius 3 is 2.87 bits per heavy atom. The van der Waals surface area contributed by atoms with Crippen LogP contribution in [0.4, 0.5) is 0 Å². The van der Waals surface area contributed by atoms with E-state index in [1.165, 1.54) is 5.56 Å². The van der Waals surface area contributed by atoms with Gasteiger partial charge in [-0.25, -0.2) is 0 Å². The summed E-state index contributed by atoms with van der Waals surface area (Å²) in [5, 5.41) is 4.21. The van der Waals surface area contributed by atoms with Gasteiger partial charge >= 0.3 is 0 Å². The molecule has 0 aromatic heterocycles. The quantitative estimate of drug-likeness (QED) is 0.629. The van der Waals surface area contributed by atoms with Crippen LogP contribution < -0.4 is 5.32 Å². The van der Waals surface area contributed by atoms with Crippen LogP contribution in [0.15, 0.2) is 30.9 Å². The average Bonchev–Trinajstić information content (AvgIpc) is 2.24. The predicted molar refractivity (Wildman–Crippen MR) is 75.4 cm³/mol. The first-order chi connectivity index (χ1) is 7.19. The highest BCUT2D eigenvalue weighted by Gasteiger charge is 2.07. The first-order valence-electron chi connectivity index (χ1n) is 5.00. The summed E-state index contributed by atoms with van der Waals surface area (Å²) in [6, 6.07) is 6.31. The van der Waals surface area contributed by atoms with Crippen LogP contribution in [0, 0.1) is 3.57 Å². The van der Waals surface area contributed by atoms with Gasteiger partial charge in [0, 0.05) is 3.57 Å². The molecule has 82 valence electrons. The lowest BCUT2D eigenvalue weighted by molar-refractivity contribution is 0.613. The monoisotopic (exact) mass is 335 g/mol. The van der Waals surface area contributed by atoms with Gasteiger partial charge in [-0.1, -0.05) is 30.7 Å². The van der Waals surface area contributed by atoms with Crippen LogP contribution >= 0.6 is 34.2 Å². The van der Waals surface area contributed by atoms with Crippen LogP contribution in [-0.2, 0) is 0 Å². The zero-order chi connectivity index (χ0) is 11.3. The molecule has 1 atom stereocenters. The molecule has 3 heteroatoms. The van der Waals surface area contributed by atoms with E-state index in [1.807, 2.05) is 18.2 Å². The van der Waals surface area contributed by atoms with Crippen molar-refractivity contribution in [1.29, 1.82) is 0 Å². The van der Waals surface area contributed by atoms with Crippen molar-refractivity contribution in [2.75, 3.05) is 6.54 Å². The van der Waals surface area contributed by atoms with E-state index in [0.29, 0.717) is 0 Å². The maximum Gasteiger partial charge on any atom is 0.0542 e. The van der Waals surface area contributed by atoms with Crippen molar-refractivity contribution in [2.45, 2.75) is 19.4 Å². The highest BCUT2D eigenvalue weighted by atomic mass is 127. The van der Waals surface area contributed by atoms with Crippen LogP contribution in [0.3, 0.4) is 0 Å². The fourth-order valence-corrected chi connectivity index (χ4v) is 1.87. The largest absolute Gasteiger partial charge is 0.307 e. The van der Waals surface area contributed by atoms with E-state index in [2.05, 4.69) is 47.5 Å². The Bertz CT molecular complexity index is 338. The first kappa shape index (κ1) is 13.0. The Labute approximate surface area is 110 Å². The molecule has 0 amide bonds. The fraction of sp³-hybridized carbons (Fsp3) is 0.333. The fourth-order valence-electron chi connectivity index (χ4n) is 1.34. The predicted octanol–water partition coefficient (Wildman–Crippen LogP) is 4.17. The minimum atomic E-state index is 0.194. The van der Waals surface area contributed by atoms with E-state index in [1.54, 1.807) is 0 Å².